The van der Waals surface area contributed by atoms with Gasteiger partial charge in [-0.1, -0.05) is 31.5 Å². The Morgan fingerprint density at radius 2 is 2.17 bits per heavy atom. The summed E-state index contributed by atoms with van der Waals surface area (Å²) in [5.41, 5.74) is 2.85. The van der Waals surface area contributed by atoms with Crippen LogP contribution in [-0.4, -0.2) is 11.0 Å². The van der Waals surface area contributed by atoms with Gasteiger partial charge in [-0.2, -0.15) is 0 Å². The van der Waals surface area contributed by atoms with Gasteiger partial charge in [-0.25, -0.2) is 4.98 Å². The zero-order chi connectivity index (χ0) is 13.1. The number of benzene rings is 1. The normalized spacial score (nSPS) is 11.2. The van der Waals surface area contributed by atoms with Gasteiger partial charge in [0.15, 0.2) is 0 Å². The second-order valence-corrected chi connectivity index (χ2v) is 5.05. The summed E-state index contributed by atoms with van der Waals surface area (Å²) < 4.78 is 5.47. The number of hydrogen-bond donors (Lipinski definition) is 1. The Balaban J connectivity index is 2.16. The topological polar surface area (TPSA) is 38.1 Å². The molecule has 1 aromatic heterocycles. The number of nitrogens with zero attached hydrogens (tertiary/aromatic N) is 1. The maximum Gasteiger partial charge on any atom is 0.226 e. The molecule has 1 N–H and O–H groups in total. The molecule has 96 valence electrons. The van der Waals surface area contributed by atoms with Crippen LogP contribution in [0, 0.1) is 6.92 Å². The van der Waals surface area contributed by atoms with E-state index in [9.17, 15) is 0 Å². The highest BCUT2D eigenvalue weighted by molar-refractivity contribution is 6.31. The minimum atomic E-state index is 0.430. The number of aryl methyl sites for hydroxylation is 1. The standard InChI is InChI=1S/C14H17ClN2O/c1-9(2)16-7-12-8-18-14(17-12)11-5-4-10(3)13(15)6-11/h4-6,8-9,16H,7H2,1-3H3. The zero-order valence-corrected chi connectivity index (χ0v) is 11.6. The van der Waals surface area contributed by atoms with Crippen molar-refractivity contribution in [3.63, 3.8) is 0 Å². The first kappa shape index (κ1) is 13.1. The number of aromatic nitrogens is 1. The van der Waals surface area contributed by atoms with E-state index < -0.39 is 0 Å². The summed E-state index contributed by atoms with van der Waals surface area (Å²) in [6.07, 6.45) is 1.68. The van der Waals surface area contributed by atoms with E-state index in [1.165, 1.54) is 0 Å². The van der Waals surface area contributed by atoms with Crippen molar-refractivity contribution in [2.45, 2.75) is 33.4 Å². The predicted octanol–water partition coefficient (Wildman–Crippen LogP) is 3.80. The van der Waals surface area contributed by atoms with Crippen LogP contribution in [0.4, 0.5) is 0 Å². The number of halogens is 1. The van der Waals surface area contributed by atoms with Gasteiger partial charge in [-0.15, -0.1) is 0 Å². The maximum absolute atomic E-state index is 6.09. The molecule has 0 unspecified atom stereocenters. The molecule has 0 amide bonds. The summed E-state index contributed by atoms with van der Waals surface area (Å²) in [6.45, 7) is 6.88. The van der Waals surface area contributed by atoms with E-state index in [1.54, 1.807) is 6.26 Å². The molecule has 0 aliphatic rings. The van der Waals surface area contributed by atoms with Crippen molar-refractivity contribution < 1.29 is 4.42 Å². The van der Waals surface area contributed by atoms with Gasteiger partial charge in [-0.05, 0) is 24.6 Å². The second kappa shape index (κ2) is 5.55. The van der Waals surface area contributed by atoms with Gasteiger partial charge >= 0.3 is 0 Å². The van der Waals surface area contributed by atoms with Crippen LogP contribution in [0.25, 0.3) is 11.5 Å². The summed E-state index contributed by atoms with van der Waals surface area (Å²) in [5.74, 6) is 0.609. The highest BCUT2D eigenvalue weighted by Gasteiger charge is 2.08. The third-order valence-corrected chi connectivity index (χ3v) is 3.07. The van der Waals surface area contributed by atoms with E-state index in [4.69, 9.17) is 16.0 Å². The Hall–Kier alpha value is -1.32. The van der Waals surface area contributed by atoms with Crippen molar-refractivity contribution in [3.8, 4) is 11.5 Å². The van der Waals surface area contributed by atoms with Crippen LogP contribution in [0.1, 0.15) is 25.1 Å². The quantitative estimate of drug-likeness (QED) is 0.913. The smallest absolute Gasteiger partial charge is 0.226 e. The zero-order valence-electron chi connectivity index (χ0n) is 10.8. The lowest BCUT2D eigenvalue weighted by molar-refractivity contribution is 0.560. The molecule has 0 aliphatic carbocycles. The first-order valence-electron chi connectivity index (χ1n) is 6.00. The van der Waals surface area contributed by atoms with E-state index in [1.807, 2.05) is 25.1 Å². The van der Waals surface area contributed by atoms with Crippen molar-refractivity contribution in [2.75, 3.05) is 0 Å². The van der Waals surface area contributed by atoms with E-state index in [0.29, 0.717) is 18.5 Å². The summed E-state index contributed by atoms with van der Waals surface area (Å²) in [4.78, 5) is 4.44. The minimum absolute atomic E-state index is 0.430. The van der Waals surface area contributed by atoms with Crippen molar-refractivity contribution >= 4 is 11.6 Å². The fraction of sp³-hybridized carbons (Fsp3) is 0.357. The lowest BCUT2D eigenvalue weighted by Gasteiger charge is -2.04. The molecular formula is C14H17ClN2O. The Morgan fingerprint density at radius 3 is 2.83 bits per heavy atom. The average molecular weight is 265 g/mol. The Morgan fingerprint density at radius 1 is 1.39 bits per heavy atom. The highest BCUT2D eigenvalue weighted by atomic mass is 35.5. The molecule has 1 heterocycles. The number of hydrogen-bond acceptors (Lipinski definition) is 3. The number of rotatable bonds is 4. The molecule has 0 atom stereocenters. The molecule has 0 radical (unpaired) electrons. The highest BCUT2D eigenvalue weighted by Crippen LogP contribution is 2.24. The van der Waals surface area contributed by atoms with E-state index in [0.717, 1.165) is 21.8 Å². The Labute approximate surface area is 112 Å². The van der Waals surface area contributed by atoms with Crippen molar-refractivity contribution in [2.24, 2.45) is 0 Å². The fourth-order valence-electron chi connectivity index (χ4n) is 1.56. The van der Waals surface area contributed by atoms with Gasteiger partial charge in [0.2, 0.25) is 5.89 Å². The average Bonchev–Trinajstić information content (AvgIpc) is 2.79. The monoisotopic (exact) mass is 264 g/mol. The molecule has 2 rings (SSSR count). The van der Waals surface area contributed by atoms with Gasteiger partial charge in [0.05, 0.1) is 5.69 Å². The van der Waals surface area contributed by atoms with Crippen LogP contribution in [0.15, 0.2) is 28.9 Å². The minimum Gasteiger partial charge on any atom is -0.444 e. The lowest BCUT2D eigenvalue weighted by Crippen LogP contribution is -2.21. The molecule has 2 aromatic rings. The molecule has 0 saturated heterocycles. The maximum atomic E-state index is 6.09. The molecule has 0 aliphatic heterocycles. The SMILES string of the molecule is Cc1ccc(-c2nc(CNC(C)C)co2)cc1Cl. The molecule has 0 saturated carbocycles. The largest absolute Gasteiger partial charge is 0.444 e. The van der Waals surface area contributed by atoms with E-state index in [-0.39, 0.29) is 0 Å². The van der Waals surface area contributed by atoms with Crippen LogP contribution < -0.4 is 5.32 Å². The Bertz CT molecular complexity index is 534. The number of nitrogens with one attached hydrogen (secondary N) is 1. The molecule has 4 heteroatoms. The van der Waals surface area contributed by atoms with Gasteiger partial charge in [0.1, 0.15) is 6.26 Å². The first-order valence-corrected chi connectivity index (χ1v) is 6.38. The van der Waals surface area contributed by atoms with Crippen LogP contribution in [-0.2, 0) is 6.54 Å². The van der Waals surface area contributed by atoms with E-state index >= 15 is 0 Å². The van der Waals surface area contributed by atoms with Gasteiger partial charge in [0.25, 0.3) is 0 Å². The van der Waals surface area contributed by atoms with Crippen molar-refractivity contribution in [1.82, 2.24) is 10.3 Å². The lowest BCUT2D eigenvalue weighted by atomic mass is 10.1. The third kappa shape index (κ3) is 3.12. The van der Waals surface area contributed by atoms with Crippen molar-refractivity contribution in [1.29, 1.82) is 0 Å². The molecule has 1 aromatic carbocycles. The van der Waals surface area contributed by atoms with Crippen LogP contribution in [0.3, 0.4) is 0 Å². The molecule has 0 fully saturated rings. The third-order valence-electron chi connectivity index (χ3n) is 2.66. The second-order valence-electron chi connectivity index (χ2n) is 4.64. The molecule has 3 nitrogen and oxygen atoms in total. The van der Waals surface area contributed by atoms with Gasteiger partial charge < -0.3 is 9.73 Å². The van der Waals surface area contributed by atoms with Crippen LogP contribution in [0.2, 0.25) is 5.02 Å². The van der Waals surface area contributed by atoms with E-state index in [2.05, 4.69) is 24.1 Å². The first-order chi connectivity index (χ1) is 8.56. The summed E-state index contributed by atoms with van der Waals surface area (Å²) in [7, 11) is 0. The number of oxazole rings is 1. The van der Waals surface area contributed by atoms with Gasteiger partial charge in [-0.3, -0.25) is 0 Å². The summed E-state index contributed by atoms with van der Waals surface area (Å²) in [6, 6.07) is 6.24. The molecule has 18 heavy (non-hydrogen) atoms. The predicted molar refractivity (Wildman–Crippen MR) is 73.7 cm³/mol. The molecule has 0 bridgehead atoms. The van der Waals surface area contributed by atoms with Crippen LogP contribution >= 0.6 is 11.6 Å². The Kier molecular flexibility index (Phi) is 4.04. The van der Waals surface area contributed by atoms with Gasteiger partial charge in [0, 0.05) is 23.2 Å². The fourth-order valence-corrected chi connectivity index (χ4v) is 1.74. The molecular weight excluding hydrogens is 248 g/mol. The van der Waals surface area contributed by atoms with Crippen LogP contribution in [0.5, 0.6) is 0 Å². The van der Waals surface area contributed by atoms with Crippen molar-refractivity contribution in [3.05, 3.63) is 40.7 Å². The summed E-state index contributed by atoms with van der Waals surface area (Å²) in [5, 5.41) is 4.03. The summed E-state index contributed by atoms with van der Waals surface area (Å²) >= 11 is 6.09. The molecule has 0 spiro atoms.